The van der Waals surface area contributed by atoms with E-state index in [-0.39, 0.29) is 4.90 Å². The maximum atomic E-state index is 12.8. The number of carbonyl (C=O) groups excluding carboxylic acids is 1. The summed E-state index contributed by atoms with van der Waals surface area (Å²) in [4.78, 5) is 11.3. The first-order valence-corrected chi connectivity index (χ1v) is 8.50. The Hall–Kier alpha value is -1.38. The van der Waals surface area contributed by atoms with Crippen molar-refractivity contribution in [3.05, 3.63) is 18.2 Å². The van der Waals surface area contributed by atoms with Crippen molar-refractivity contribution in [1.29, 1.82) is 0 Å². The Balaban J connectivity index is 2.11. The molecule has 0 aliphatic carbocycles. The van der Waals surface area contributed by atoms with Crippen molar-refractivity contribution in [2.45, 2.75) is 30.2 Å². The second-order valence-electron chi connectivity index (χ2n) is 4.70. The fourth-order valence-corrected chi connectivity index (χ4v) is 4.87. The minimum Gasteiger partial charge on any atom is -0.302 e. The van der Waals surface area contributed by atoms with Crippen LogP contribution in [0.3, 0.4) is 0 Å². The fourth-order valence-electron chi connectivity index (χ4n) is 2.48. The average molecular weight is 311 g/mol. The maximum Gasteiger partial charge on any atom is 0.245 e. The first kappa shape index (κ1) is 13.6. The van der Waals surface area contributed by atoms with Gasteiger partial charge >= 0.3 is 0 Å². The molecule has 6 nitrogen and oxygen atoms in total. The highest BCUT2D eigenvalue weighted by atomic mass is 32.2. The molecule has 20 heavy (non-hydrogen) atoms. The second kappa shape index (κ2) is 5.19. The molecule has 1 aliphatic rings. The van der Waals surface area contributed by atoms with Crippen molar-refractivity contribution in [1.82, 2.24) is 13.1 Å². The molecule has 3 rings (SSSR count). The summed E-state index contributed by atoms with van der Waals surface area (Å²) in [7, 11) is -3.71. The lowest BCUT2D eigenvalue weighted by Gasteiger charge is -2.31. The van der Waals surface area contributed by atoms with Crippen LogP contribution in [0.15, 0.2) is 23.1 Å². The number of fused-ring (bicyclic) bond motifs is 1. The zero-order valence-corrected chi connectivity index (χ0v) is 12.2. The summed E-state index contributed by atoms with van der Waals surface area (Å²) < 4.78 is 35.0. The number of hydrogen-bond donors (Lipinski definition) is 0. The van der Waals surface area contributed by atoms with Crippen molar-refractivity contribution in [3.8, 4) is 0 Å². The molecule has 1 atom stereocenters. The first-order valence-electron chi connectivity index (χ1n) is 6.33. The van der Waals surface area contributed by atoms with Gasteiger partial charge in [0.25, 0.3) is 0 Å². The molecular weight excluding hydrogens is 298 g/mol. The van der Waals surface area contributed by atoms with Crippen LogP contribution in [0, 0.1) is 0 Å². The quantitative estimate of drug-likeness (QED) is 0.801. The summed E-state index contributed by atoms with van der Waals surface area (Å²) in [5.41, 5.74) is 0.948. The number of carbonyl (C=O) groups is 1. The highest BCUT2D eigenvalue weighted by Gasteiger charge is 2.34. The summed E-state index contributed by atoms with van der Waals surface area (Å²) >= 11 is 0.984. The zero-order chi connectivity index (χ0) is 14.2. The molecule has 1 aromatic carbocycles. The number of rotatable bonds is 3. The molecule has 0 saturated carbocycles. The van der Waals surface area contributed by atoms with Crippen LogP contribution in [0.25, 0.3) is 11.0 Å². The Kier molecular flexibility index (Phi) is 3.53. The smallest absolute Gasteiger partial charge is 0.245 e. The Morgan fingerprint density at radius 3 is 2.95 bits per heavy atom. The Bertz CT molecular complexity index is 741. The van der Waals surface area contributed by atoms with Crippen LogP contribution >= 0.6 is 11.7 Å². The number of sulfonamides is 1. The van der Waals surface area contributed by atoms with Crippen molar-refractivity contribution in [2.75, 3.05) is 6.54 Å². The van der Waals surface area contributed by atoms with E-state index in [9.17, 15) is 13.2 Å². The highest BCUT2D eigenvalue weighted by molar-refractivity contribution is 7.89. The van der Waals surface area contributed by atoms with Gasteiger partial charge in [-0.25, -0.2) is 8.42 Å². The minimum atomic E-state index is -3.71. The molecular formula is C12H13N3O3S2. The van der Waals surface area contributed by atoms with Gasteiger partial charge in [-0.2, -0.15) is 13.1 Å². The highest BCUT2D eigenvalue weighted by Crippen LogP contribution is 2.28. The van der Waals surface area contributed by atoms with E-state index >= 15 is 0 Å². The van der Waals surface area contributed by atoms with Gasteiger partial charge in [-0.1, -0.05) is 12.5 Å². The molecule has 2 aromatic rings. The maximum absolute atomic E-state index is 12.8. The normalized spacial score (nSPS) is 21.1. The number of nitrogens with zero attached hydrogens (tertiary/aromatic N) is 3. The SMILES string of the molecule is O=C[C@@H]1CCCCN1S(=O)(=O)c1cccc2nsnc12. The van der Waals surface area contributed by atoms with E-state index in [2.05, 4.69) is 8.75 Å². The van der Waals surface area contributed by atoms with Crippen molar-refractivity contribution in [3.63, 3.8) is 0 Å². The zero-order valence-electron chi connectivity index (χ0n) is 10.6. The molecule has 0 amide bonds. The molecule has 0 bridgehead atoms. The van der Waals surface area contributed by atoms with E-state index in [1.54, 1.807) is 12.1 Å². The van der Waals surface area contributed by atoms with Crippen LogP contribution < -0.4 is 0 Å². The monoisotopic (exact) mass is 311 g/mol. The van der Waals surface area contributed by atoms with Gasteiger partial charge in [0.05, 0.1) is 17.8 Å². The van der Waals surface area contributed by atoms with Crippen LogP contribution in [0.1, 0.15) is 19.3 Å². The average Bonchev–Trinajstić information content (AvgIpc) is 2.95. The van der Waals surface area contributed by atoms with E-state index in [1.807, 2.05) is 0 Å². The van der Waals surface area contributed by atoms with E-state index in [0.717, 1.165) is 30.9 Å². The van der Waals surface area contributed by atoms with Crippen LogP contribution in [-0.4, -0.2) is 40.3 Å². The summed E-state index contributed by atoms with van der Waals surface area (Å²) in [5, 5.41) is 0. The molecule has 0 N–H and O–H groups in total. The van der Waals surface area contributed by atoms with Gasteiger partial charge in [-0.3, -0.25) is 0 Å². The Morgan fingerprint density at radius 1 is 1.30 bits per heavy atom. The lowest BCUT2D eigenvalue weighted by atomic mass is 10.1. The molecule has 1 saturated heterocycles. The largest absolute Gasteiger partial charge is 0.302 e. The van der Waals surface area contributed by atoms with Gasteiger partial charge in [0, 0.05) is 6.54 Å². The summed E-state index contributed by atoms with van der Waals surface area (Å²) in [6.45, 7) is 0.375. The van der Waals surface area contributed by atoms with Gasteiger partial charge in [0.15, 0.2) is 0 Å². The third-order valence-electron chi connectivity index (χ3n) is 3.49. The van der Waals surface area contributed by atoms with Gasteiger partial charge in [-0.15, -0.1) is 0 Å². The lowest BCUT2D eigenvalue weighted by Crippen LogP contribution is -2.44. The van der Waals surface area contributed by atoms with Gasteiger partial charge in [-0.05, 0) is 25.0 Å². The topological polar surface area (TPSA) is 80.2 Å². The van der Waals surface area contributed by atoms with Crippen LogP contribution in [0.2, 0.25) is 0 Å². The van der Waals surface area contributed by atoms with Crippen LogP contribution in [0.5, 0.6) is 0 Å². The van der Waals surface area contributed by atoms with Crippen molar-refractivity contribution >= 4 is 39.1 Å². The molecule has 1 aromatic heterocycles. The number of piperidine rings is 1. The van der Waals surface area contributed by atoms with E-state index in [1.165, 1.54) is 10.4 Å². The van der Waals surface area contributed by atoms with E-state index < -0.39 is 16.1 Å². The summed E-state index contributed by atoms with van der Waals surface area (Å²) in [6, 6.07) is 4.33. The van der Waals surface area contributed by atoms with Gasteiger partial charge in [0.2, 0.25) is 10.0 Å². The number of aromatic nitrogens is 2. The van der Waals surface area contributed by atoms with Gasteiger partial charge in [0.1, 0.15) is 22.2 Å². The third kappa shape index (κ3) is 2.13. The molecule has 0 spiro atoms. The van der Waals surface area contributed by atoms with Crippen LogP contribution in [-0.2, 0) is 14.8 Å². The predicted octanol–water partition coefficient (Wildman–Crippen LogP) is 1.43. The van der Waals surface area contributed by atoms with E-state index in [4.69, 9.17) is 0 Å². The first-order chi connectivity index (χ1) is 9.64. The number of benzene rings is 1. The Morgan fingerprint density at radius 2 is 2.15 bits per heavy atom. The summed E-state index contributed by atoms with van der Waals surface area (Å²) in [6.07, 6.45) is 2.94. The fraction of sp³-hybridized carbons (Fsp3) is 0.417. The molecule has 0 radical (unpaired) electrons. The standard InChI is InChI=1S/C12H13N3O3S2/c16-8-9-4-1-2-7-15(9)20(17,18)11-6-3-5-10-12(11)14-19-13-10/h3,5-6,8-9H,1-2,4,7H2/t9-/m0/s1. The van der Waals surface area contributed by atoms with E-state index in [0.29, 0.717) is 24.0 Å². The lowest BCUT2D eigenvalue weighted by molar-refractivity contribution is -0.111. The summed E-state index contributed by atoms with van der Waals surface area (Å²) in [5.74, 6) is 0. The van der Waals surface area contributed by atoms with Gasteiger partial charge < -0.3 is 4.79 Å². The number of hydrogen-bond acceptors (Lipinski definition) is 6. The molecule has 1 fully saturated rings. The van der Waals surface area contributed by atoms with Crippen LogP contribution in [0.4, 0.5) is 0 Å². The minimum absolute atomic E-state index is 0.137. The molecule has 8 heteroatoms. The molecule has 1 aliphatic heterocycles. The van der Waals surface area contributed by atoms with Crippen molar-refractivity contribution in [2.24, 2.45) is 0 Å². The van der Waals surface area contributed by atoms with Crippen molar-refractivity contribution < 1.29 is 13.2 Å². The second-order valence-corrected chi connectivity index (χ2v) is 7.09. The third-order valence-corrected chi connectivity index (χ3v) is 5.99. The molecule has 0 unspecified atom stereocenters. The molecule has 2 heterocycles. The Labute approximate surface area is 120 Å². The number of aldehydes is 1. The predicted molar refractivity (Wildman–Crippen MR) is 75.0 cm³/mol. The molecule has 106 valence electrons.